The maximum absolute atomic E-state index is 14.5. The number of amides is 3. The van der Waals surface area contributed by atoms with E-state index in [1.54, 1.807) is 25.7 Å². The van der Waals surface area contributed by atoms with Crippen molar-refractivity contribution in [2.24, 2.45) is 11.8 Å². The molecule has 4 rings (SSSR count). The number of benzene rings is 3. The number of rotatable bonds is 9. The fourth-order valence-electron chi connectivity index (χ4n) is 5.58. The van der Waals surface area contributed by atoms with Crippen molar-refractivity contribution in [1.82, 2.24) is 10.2 Å². The molecule has 4 unspecified atom stereocenters. The zero-order valence-electron chi connectivity index (χ0n) is 26.2. The van der Waals surface area contributed by atoms with E-state index >= 15 is 0 Å². The van der Waals surface area contributed by atoms with Crippen LogP contribution in [0.1, 0.15) is 77.1 Å². The smallest absolute Gasteiger partial charge is 0.408 e. The fourth-order valence-corrected chi connectivity index (χ4v) is 5.58. The summed E-state index contributed by atoms with van der Waals surface area (Å²) < 4.78 is 5.52. The third kappa shape index (κ3) is 7.90. The van der Waals surface area contributed by atoms with Crippen molar-refractivity contribution in [2.45, 2.75) is 92.0 Å². The second kappa shape index (κ2) is 12.6. The van der Waals surface area contributed by atoms with Crippen LogP contribution in [0.3, 0.4) is 0 Å². The van der Waals surface area contributed by atoms with E-state index in [4.69, 9.17) is 4.74 Å². The average molecular weight is 572 g/mol. The Hall–Kier alpha value is -3.87. The fraction of sp³-hybridized carbons (Fsp3) is 0.457. The van der Waals surface area contributed by atoms with E-state index in [9.17, 15) is 14.4 Å². The van der Waals surface area contributed by atoms with Gasteiger partial charge < -0.3 is 20.3 Å². The van der Waals surface area contributed by atoms with E-state index in [1.807, 2.05) is 82.3 Å². The zero-order chi connectivity index (χ0) is 30.8. The normalized spacial score (nSPS) is 17.8. The van der Waals surface area contributed by atoms with Crippen LogP contribution in [-0.2, 0) is 14.3 Å². The maximum atomic E-state index is 14.5. The molecule has 0 aromatic heterocycles. The van der Waals surface area contributed by atoms with Gasteiger partial charge in [-0.3, -0.25) is 9.59 Å². The number of alkyl carbamates (subject to hydrolysis) is 1. The minimum absolute atomic E-state index is 0.124. The lowest BCUT2D eigenvalue weighted by atomic mass is 9.96. The summed E-state index contributed by atoms with van der Waals surface area (Å²) in [5.41, 5.74) is 2.72. The van der Waals surface area contributed by atoms with Crippen molar-refractivity contribution in [3.63, 3.8) is 0 Å². The van der Waals surface area contributed by atoms with Gasteiger partial charge in [-0.25, -0.2) is 4.79 Å². The molecule has 0 heterocycles. The molecule has 0 spiro atoms. The number of carbonyl (C=O) groups is 3. The van der Waals surface area contributed by atoms with Crippen molar-refractivity contribution in [3.8, 4) is 0 Å². The first-order chi connectivity index (χ1) is 19.7. The molecule has 0 radical (unpaired) electrons. The number of aryl methyl sites for hydroxylation is 2. The van der Waals surface area contributed by atoms with Crippen LogP contribution < -0.4 is 10.6 Å². The molecule has 1 saturated carbocycles. The van der Waals surface area contributed by atoms with Gasteiger partial charge >= 0.3 is 6.09 Å². The van der Waals surface area contributed by atoms with Gasteiger partial charge in [0, 0.05) is 11.7 Å². The monoisotopic (exact) mass is 571 g/mol. The number of ether oxygens (including phenoxy) is 1. The molecule has 0 aliphatic heterocycles. The van der Waals surface area contributed by atoms with Crippen LogP contribution >= 0.6 is 0 Å². The topological polar surface area (TPSA) is 87.7 Å². The number of carbonyl (C=O) groups excluding carboxylic acids is 3. The summed E-state index contributed by atoms with van der Waals surface area (Å²) in [6, 6.07) is 18.0. The molecule has 0 saturated heterocycles. The first-order valence-corrected chi connectivity index (χ1v) is 14.9. The Morgan fingerprint density at radius 1 is 0.952 bits per heavy atom. The van der Waals surface area contributed by atoms with Gasteiger partial charge in [-0.15, -0.1) is 0 Å². The average Bonchev–Trinajstić information content (AvgIpc) is 3.59. The molecule has 2 N–H and O–H groups in total. The van der Waals surface area contributed by atoms with Crippen LogP contribution in [0.15, 0.2) is 60.7 Å². The minimum Gasteiger partial charge on any atom is -0.444 e. The van der Waals surface area contributed by atoms with Crippen LogP contribution in [0, 0.1) is 25.7 Å². The van der Waals surface area contributed by atoms with Gasteiger partial charge in [0.15, 0.2) is 0 Å². The van der Waals surface area contributed by atoms with Gasteiger partial charge in [0.05, 0.1) is 0 Å². The molecule has 0 bridgehead atoms. The third-order valence-corrected chi connectivity index (χ3v) is 7.48. The van der Waals surface area contributed by atoms with E-state index in [-0.39, 0.29) is 29.7 Å². The largest absolute Gasteiger partial charge is 0.444 e. The lowest BCUT2D eigenvalue weighted by Crippen LogP contribution is -2.53. The number of nitrogens with zero attached hydrogens (tertiary/aromatic N) is 1. The lowest BCUT2D eigenvalue weighted by Gasteiger charge is -2.35. The highest BCUT2D eigenvalue weighted by Crippen LogP contribution is 2.41. The van der Waals surface area contributed by atoms with E-state index in [2.05, 4.69) is 23.6 Å². The molecular formula is C35H45N3O4. The van der Waals surface area contributed by atoms with Gasteiger partial charge in [0.2, 0.25) is 5.91 Å². The molecule has 1 fully saturated rings. The Kier molecular flexibility index (Phi) is 9.29. The van der Waals surface area contributed by atoms with Crippen LogP contribution in [-0.4, -0.2) is 40.5 Å². The summed E-state index contributed by atoms with van der Waals surface area (Å²) in [5, 5.41) is 8.04. The van der Waals surface area contributed by atoms with E-state index < -0.39 is 23.8 Å². The summed E-state index contributed by atoms with van der Waals surface area (Å²) in [4.78, 5) is 43.4. The number of nitrogens with one attached hydrogen (secondary N) is 2. The number of hydrogen-bond donors (Lipinski definition) is 2. The van der Waals surface area contributed by atoms with Gasteiger partial charge in [-0.2, -0.15) is 0 Å². The standard InChI is InChI=1S/C35H45N3O4/c1-21(2)15-29(37-34(41)42-35(6,7)8)33(40)38(30-19-24(30)5)31(27-17-22(3)16-23(4)18-27)32(39)36-28-14-13-25-11-9-10-12-26(25)20-28/h9-14,16-18,20-21,24,29-31H,15,19H2,1-8H3,(H,36,39)(H,37,41). The number of hydrogen-bond acceptors (Lipinski definition) is 4. The van der Waals surface area contributed by atoms with E-state index in [0.29, 0.717) is 12.1 Å². The Labute approximate surface area is 250 Å². The van der Waals surface area contributed by atoms with E-state index in [0.717, 1.165) is 33.9 Å². The highest BCUT2D eigenvalue weighted by molar-refractivity contribution is 6.00. The quantitative estimate of drug-likeness (QED) is 0.282. The Morgan fingerprint density at radius 2 is 1.57 bits per heavy atom. The van der Waals surface area contributed by atoms with Crippen molar-refractivity contribution >= 4 is 34.4 Å². The molecule has 224 valence electrons. The summed E-state index contributed by atoms with van der Waals surface area (Å²) in [6.45, 7) is 15.5. The highest BCUT2D eigenvalue weighted by Gasteiger charge is 2.48. The number of fused-ring (bicyclic) bond motifs is 1. The Morgan fingerprint density at radius 3 is 2.14 bits per heavy atom. The SMILES string of the molecule is Cc1cc(C)cc(C(C(=O)Nc2ccc3ccccc3c2)N(C(=O)C(CC(C)C)NC(=O)OC(C)(C)C)C2CC2C)c1. The van der Waals surface area contributed by atoms with Gasteiger partial charge in [-0.05, 0) is 87.8 Å². The number of anilines is 1. The predicted octanol–water partition coefficient (Wildman–Crippen LogP) is 7.31. The van der Waals surface area contributed by atoms with Gasteiger partial charge in [0.1, 0.15) is 17.7 Å². The zero-order valence-corrected chi connectivity index (χ0v) is 26.2. The molecule has 1 aliphatic carbocycles. The molecular weight excluding hydrogens is 526 g/mol. The summed E-state index contributed by atoms with van der Waals surface area (Å²) in [6.07, 6.45) is 0.562. The first-order valence-electron chi connectivity index (χ1n) is 14.9. The minimum atomic E-state index is -0.882. The van der Waals surface area contributed by atoms with Gasteiger partial charge in [-0.1, -0.05) is 80.4 Å². The predicted molar refractivity (Wildman–Crippen MR) is 168 cm³/mol. The van der Waals surface area contributed by atoms with Crippen LogP contribution in [0.4, 0.5) is 10.5 Å². The van der Waals surface area contributed by atoms with Crippen molar-refractivity contribution in [2.75, 3.05) is 5.32 Å². The Balaban J connectivity index is 1.75. The second-order valence-corrected chi connectivity index (χ2v) is 13.2. The Bertz CT molecular complexity index is 1440. The molecule has 4 atom stereocenters. The van der Waals surface area contributed by atoms with Crippen molar-refractivity contribution in [3.05, 3.63) is 77.4 Å². The van der Waals surface area contributed by atoms with Crippen molar-refractivity contribution < 1.29 is 19.1 Å². The highest BCUT2D eigenvalue weighted by atomic mass is 16.6. The van der Waals surface area contributed by atoms with Crippen LogP contribution in [0.5, 0.6) is 0 Å². The summed E-state index contributed by atoms with van der Waals surface area (Å²) >= 11 is 0. The molecule has 7 heteroatoms. The molecule has 1 aliphatic rings. The third-order valence-electron chi connectivity index (χ3n) is 7.48. The van der Waals surface area contributed by atoms with Crippen molar-refractivity contribution in [1.29, 1.82) is 0 Å². The second-order valence-electron chi connectivity index (χ2n) is 13.2. The van der Waals surface area contributed by atoms with E-state index in [1.165, 1.54) is 0 Å². The lowest BCUT2D eigenvalue weighted by molar-refractivity contribution is -0.142. The maximum Gasteiger partial charge on any atom is 0.408 e. The first kappa shape index (κ1) is 31.1. The van der Waals surface area contributed by atoms with Gasteiger partial charge in [0.25, 0.3) is 5.91 Å². The molecule has 3 aromatic carbocycles. The summed E-state index contributed by atoms with van der Waals surface area (Å²) in [5.74, 6) is -0.208. The molecule has 42 heavy (non-hydrogen) atoms. The molecule has 7 nitrogen and oxygen atoms in total. The molecule has 3 amide bonds. The van der Waals surface area contributed by atoms with Crippen LogP contribution in [0.25, 0.3) is 10.8 Å². The summed E-state index contributed by atoms with van der Waals surface area (Å²) in [7, 11) is 0. The van der Waals surface area contributed by atoms with Crippen LogP contribution in [0.2, 0.25) is 0 Å². The molecule has 3 aromatic rings.